The van der Waals surface area contributed by atoms with Crippen LogP contribution in [0.15, 0.2) is 28.7 Å². The summed E-state index contributed by atoms with van der Waals surface area (Å²) in [5, 5.41) is 6.23. The summed E-state index contributed by atoms with van der Waals surface area (Å²) in [4.78, 5) is 11.9. The molecular weight excluding hydrogens is 320 g/mol. The highest BCUT2D eigenvalue weighted by Gasteiger charge is 2.40. The van der Waals surface area contributed by atoms with Crippen LogP contribution in [0.5, 0.6) is 0 Å². The fraction of sp³-hybridized carbons (Fsp3) is 0.533. The van der Waals surface area contributed by atoms with Gasteiger partial charge < -0.3 is 15.4 Å². The molecule has 0 aromatic heterocycles. The lowest BCUT2D eigenvalue weighted by Crippen LogP contribution is -2.41. The van der Waals surface area contributed by atoms with Gasteiger partial charge in [0.1, 0.15) is 0 Å². The molecule has 5 heteroatoms. The number of hydrogen-bond donors (Lipinski definition) is 2. The minimum absolute atomic E-state index is 0.00968. The van der Waals surface area contributed by atoms with E-state index in [1.807, 2.05) is 24.3 Å². The summed E-state index contributed by atoms with van der Waals surface area (Å²) in [6.07, 6.45) is 3.86. The molecule has 2 aliphatic rings. The molecule has 2 N–H and O–H groups in total. The molecule has 0 radical (unpaired) electrons. The molecule has 1 aliphatic heterocycles. The lowest BCUT2D eigenvalue weighted by Gasteiger charge is -2.19. The Morgan fingerprint density at radius 2 is 2.20 bits per heavy atom. The van der Waals surface area contributed by atoms with Crippen molar-refractivity contribution in [2.24, 2.45) is 5.92 Å². The number of amides is 1. The highest BCUT2D eigenvalue weighted by atomic mass is 79.9. The highest BCUT2D eigenvalue weighted by molar-refractivity contribution is 9.10. The van der Waals surface area contributed by atoms with E-state index in [4.69, 9.17) is 4.74 Å². The Balaban J connectivity index is 1.47. The maximum absolute atomic E-state index is 11.9. The number of nitrogens with one attached hydrogen (secondary N) is 2. The van der Waals surface area contributed by atoms with Crippen molar-refractivity contribution in [3.63, 3.8) is 0 Å². The maximum atomic E-state index is 11.9. The Labute approximate surface area is 127 Å². The largest absolute Gasteiger partial charge is 0.376 e. The number of benzene rings is 1. The SMILES string of the molecule is O=C(CNC1CCOC1C1CC1)Nc1cccc(Br)c1. The number of carbonyl (C=O) groups excluding carboxylic acids is 1. The molecule has 1 amide bonds. The van der Waals surface area contributed by atoms with E-state index in [1.165, 1.54) is 12.8 Å². The first-order chi connectivity index (χ1) is 9.72. The molecule has 108 valence electrons. The first kappa shape index (κ1) is 14.0. The molecule has 0 spiro atoms. The number of carbonyl (C=O) groups is 1. The van der Waals surface area contributed by atoms with Gasteiger partial charge in [-0.05, 0) is 43.4 Å². The Kier molecular flexibility index (Phi) is 4.38. The third kappa shape index (κ3) is 3.59. The number of rotatable bonds is 5. The van der Waals surface area contributed by atoms with Crippen LogP contribution in [0, 0.1) is 5.92 Å². The third-order valence-corrected chi connectivity index (χ3v) is 4.35. The fourth-order valence-electron chi connectivity index (χ4n) is 2.71. The van der Waals surface area contributed by atoms with Crippen LogP contribution in [0.1, 0.15) is 19.3 Å². The lowest BCUT2D eigenvalue weighted by atomic mass is 10.1. The first-order valence-electron chi connectivity index (χ1n) is 7.13. The van der Waals surface area contributed by atoms with Crippen LogP contribution >= 0.6 is 15.9 Å². The van der Waals surface area contributed by atoms with Gasteiger partial charge in [-0.1, -0.05) is 22.0 Å². The van der Waals surface area contributed by atoms with Gasteiger partial charge in [-0.2, -0.15) is 0 Å². The summed E-state index contributed by atoms with van der Waals surface area (Å²) >= 11 is 3.39. The maximum Gasteiger partial charge on any atom is 0.238 e. The minimum atomic E-state index is -0.00968. The van der Waals surface area contributed by atoms with E-state index in [0.717, 1.165) is 23.2 Å². The van der Waals surface area contributed by atoms with Crippen molar-refractivity contribution in [1.82, 2.24) is 5.32 Å². The van der Waals surface area contributed by atoms with Gasteiger partial charge in [0.2, 0.25) is 5.91 Å². The van der Waals surface area contributed by atoms with Crippen molar-refractivity contribution in [3.8, 4) is 0 Å². The molecule has 4 nitrogen and oxygen atoms in total. The lowest BCUT2D eigenvalue weighted by molar-refractivity contribution is -0.115. The fourth-order valence-corrected chi connectivity index (χ4v) is 3.11. The quantitative estimate of drug-likeness (QED) is 0.867. The molecule has 2 unspecified atom stereocenters. The molecule has 1 aromatic rings. The molecule has 1 heterocycles. The monoisotopic (exact) mass is 338 g/mol. The molecular formula is C15H19BrN2O2. The van der Waals surface area contributed by atoms with Gasteiger partial charge in [-0.15, -0.1) is 0 Å². The van der Waals surface area contributed by atoms with Crippen molar-refractivity contribution in [1.29, 1.82) is 0 Å². The van der Waals surface area contributed by atoms with E-state index in [0.29, 0.717) is 24.6 Å². The van der Waals surface area contributed by atoms with E-state index >= 15 is 0 Å². The molecule has 1 aromatic carbocycles. The molecule has 0 bridgehead atoms. The van der Waals surface area contributed by atoms with Crippen molar-refractivity contribution < 1.29 is 9.53 Å². The Morgan fingerprint density at radius 1 is 1.35 bits per heavy atom. The summed E-state index contributed by atoms with van der Waals surface area (Å²) in [6, 6.07) is 7.94. The summed E-state index contributed by atoms with van der Waals surface area (Å²) in [7, 11) is 0. The van der Waals surface area contributed by atoms with Crippen LogP contribution in [0.4, 0.5) is 5.69 Å². The average Bonchev–Trinajstić information content (AvgIpc) is 3.15. The Hall–Kier alpha value is -0.910. The van der Waals surface area contributed by atoms with E-state index in [9.17, 15) is 4.79 Å². The average molecular weight is 339 g/mol. The normalized spacial score (nSPS) is 25.6. The zero-order valence-corrected chi connectivity index (χ0v) is 12.9. The summed E-state index contributed by atoms with van der Waals surface area (Å²) in [5.74, 6) is 0.702. The molecule has 2 fully saturated rings. The molecule has 3 rings (SSSR count). The Morgan fingerprint density at radius 3 is 2.95 bits per heavy atom. The number of ether oxygens (including phenoxy) is 1. The van der Waals surface area contributed by atoms with Crippen LogP contribution < -0.4 is 10.6 Å². The number of hydrogen-bond acceptors (Lipinski definition) is 3. The topological polar surface area (TPSA) is 50.4 Å². The smallest absolute Gasteiger partial charge is 0.238 e. The van der Waals surface area contributed by atoms with Crippen LogP contribution in [-0.4, -0.2) is 31.2 Å². The van der Waals surface area contributed by atoms with E-state index in [1.54, 1.807) is 0 Å². The van der Waals surface area contributed by atoms with Gasteiger partial charge >= 0.3 is 0 Å². The van der Waals surface area contributed by atoms with Crippen molar-refractivity contribution in [3.05, 3.63) is 28.7 Å². The van der Waals surface area contributed by atoms with Crippen LogP contribution in [-0.2, 0) is 9.53 Å². The molecule has 1 saturated carbocycles. The van der Waals surface area contributed by atoms with E-state index in [-0.39, 0.29) is 5.91 Å². The molecule has 20 heavy (non-hydrogen) atoms. The molecule has 1 saturated heterocycles. The van der Waals surface area contributed by atoms with Crippen molar-refractivity contribution in [2.75, 3.05) is 18.5 Å². The molecule has 1 aliphatic carbocycles. The van der Waals surface area contributed by atoms with Crippen LogP contribution in [0.2, 0.25) is 0 Å². The minimum Gasteiger partial charge on any atom is -0.376 e. The number of halogens is 1. The van der Waals surface area contributed by atoms with Gasteiger partial charge in [0.25, 0.3) is 0 Å². The Bertz CT molecular complexity index is 491. The standard InChI is InChI=1S/C15H19BrN2O2/c16-11-2-1-3-12(8-11)18-14(19)9-17-13-6-7-20-15(13)10-4-5-10/h1-3,8,10,13,15,17H,4-7,9H2,(H,18,19). The van der Waals surface area contributed by atoms with Gasteiger partial charge in [0, 0.05) is 22.8 Å². The van der Waals surface area contributed by atoms with Crippen LogP contribution in [0.25, 0.3) is 0 Å². The van der Waals surface area contributed by atoms with Gasteiger partial charge in [0.05, 0.1) is 12.6 Å². The van der Waals surface area contributed by atoms with Crippen molar-refractivity contribution >= 4 is 27.5 Å². The zero-order chi connectivity index (χ0) is 13.9. The van der Waals surface area contributed by atoms with Crippen molar-refractivity contribution in [2.45, 2.75) is 31.4 Å². The second-order valence-electron chi connectivity index (χ2n) is 5.51. The zero-order valence-electron chi connectivity index (χ0n) is 11.3. The van der Waals surface area contributed by atoms with Gasteiger partial charge in [0.15, 0.2) is 0 Å². The highest BCUT2D eigenvalue weighted by Crippen LogP contribution is 2.38. The van der Waals surface area contributed by atoms with Gasteiger partial charge in [-0.25, -0.2) is 0 Å². The summed E-state index contributed by atoms with van der Waals surface area (Å²) in [5.41, 5.74) is 0.813. The predicted molar refractivity (Wildman–Crippen MR) is 81.6 cm³/mol. The first-order valence-corrected chi connectivity index (χ1v) is 7.92. The second-order valence-corrected chi connectivity index (χ2v) is 6.42. The second kappa shape index (κ2) is 6.24. The van der Waals surface area contributed by atoms with E-state index in [2.05, 4.69) is 26.6 Å². The number of anilines is 1. The van der Waals surface area contributed by atoms with E-state index < -0.39 is 0 Å². The van der Waals surface area contributed by atoms with Gasteiger partial charge in [-0.3, -0.25) is 4.79 Å². The summed E-state index contributed by atoms with van der Waals surface area (Å²) < 4.78 is 6.71. The van der Waals surface area contributed by atoms with Crippen LogP contribution in [0.3, 0.4) is 0 Å². The predicted octanol–water partition coefficient (Wildman–Crippen LogP) is 2.54. The summed E-state index contributed by atoms with van der Waals surface area (Å²) in [6.45, 7) is 1.15. The molecule has 2 atom stereocenters. The third-order valence-electron chi connectivity index (χ3n) is 3.86.